The molecule has 66 valence electrons. The van der Waals surface area contributed by atoms with Crippen molar-refractivity contribution in [1.29, 1.82) is 0 Å². The zero-order valence-corrected chi connectivity index (χ0v) is 8.95. The van der Waals surface area contributed by atoms with Crippen LogP contribution in [0.5, 0.6) is 11.5 Å². The van der Waals surface area contributed by atoms with Crippen molar-refractivity contribution < 1.29 is 10.2 Å². The van der Waals surface area contributed by atoms with Gasteiger partial charge in [0.05, 0.1) is 0 Å². The van der Waals surface area contributed by atoms with E-state index in [9.17, 15) is 10.2 Å². The van der Waals surface area contributed by atoms with Crippen molar-refractivity contribution in [2.24, 2.45) is 0 Å². The maximum absolute atomic E-state index is 9.18. The highest BCUT2D eigenvalue weighted by atomic mass is 127. The van der Waals surface area contributed by atoms with Gasteiger partial charge in [-0.3, -0.25) is 0 Å². The van der Waals surface area contributed by atoms with Gasteiger partial charge in [-0.2, -0.15) is 0 Å². The molecule has 0 saturated carbocycles. The van der Waals surface area contributed by atoms with E-state index in [0.29, 0.717) is 5.92 Å². The largest absolute Gasteiger partial charge is 0.508 e. The molecule has 3 heteroatoms. The van der Waals surface area contributed by atoms with Crippen LogP contribution in [-0.2, 0) is 0 Å². The van der Waals surface area contributed by atoms with Crippen molar-refractivity contribution in [2.45, 2.75) is 12.8 Å². The van der Waals surface area contributed by atoms with Gasteiger partial charge >= 0.3 is 0 Å². The predicted molar refractivity (Wildman–Crippen MR) is 57.1 cm³/mol. The molecule has 12 heavy (non-hydrogen) atoms. The summed E-state index contributed by atoms with van der Waals surface area (Å²) in [6.45, 7) is 2.06. The van der Waals surface area contributed by atoms with Crippen molar-refractivity contribution in [1.82, 2.24) is 0 Å². The topological polar surface area (TPSA) is 40.5 Å². The molecule has 2 nitrogen and oxygen atoms in total. The second-order valence-corrected chi connectivity index (χ2v) is 3.72. The quantitative estimate of drug-likeness (QED) is 0.645. The smallest absolute Gasteiger partial charge is 0.119 e. The average molecular weight is 278 g/mol. The Hall–Kier alpha value is -0.450. The molecule has 2 N–H and O–H groups in total. The summed E-state index contributed by atoms with van der Waals surface area (Å²) < 4.78 is 0.973. The van der Waals surface area contributed by atoms with Gasteiger partial charge < -0.3 is 10.2 Å². The highest BCUT2D eigenvalue weighted by molar-refractivity contribution is 14.1. The molecule has 0 aliphatic rings. The van der Waals surface area contributed by atoms with Crippen molar-refractivity contribution in [2.75, 3.05) is 4.43 Å². The molecule has 1 rings (SSSR count). The Labute approximate surface area is 85.4 Å². The summed E-state index contributed by atoms with van der Waals surface area (Å²) in [6, 6.07) is 4.70. The lowest BCUT2D eigenvalue weighted by Crippen LogP contribution is -1.93. The van der Waals surface area contributed by atoms with Gasteiger partial charge in [0.25, 0.3) is 0 Å². The van der Waals surface area contributed by atoms with Gasteiger partial charge in [0.1, 0.15) is 11.5 Å². The standard InChI is InChI=1S/C9H11IO2/c1-6(5-10)7-2-8(11)4-9(12)3-7/h2-4,6,11-12H,5H2,1H3. The molecular weight excluding hydrogens is 267 g/mol. The van der Waals surface area contributed by atoms with E-state index < -0.39 is 0 Å². The first-order chi connectivity index (χ1) is 5.63. The molecule has 0 aliphatic heterocycles. The van der Waals surface area contributed by atoms with Crippen LogP contribution in [0, 0.1) is 0 Å². The lowest BCUT2D eigenvalue weighted by molar-refractivity contribution is 0.448. The molecule has 0 aliphatic carbocycles. The van der Waals surface area contributed by atoms with Gasteiger partial charge in [0.2, 0.25) is 0 Å². The lowest BCUT2D eigenvalue weighted by Gasteiger charge is -2.08. The maximum atomic E-state index is 9.18. The summed E-state index contributed by atoms with van der Waals surface area (Å²) in [6.07, 6.45) is 0. The lowest BCUT2D eigenvalue weighted by atomic mass is 10.0. The summed E-state index contributed by atoms with van der Waals surface area (Å²) in [4.78, 5) is 0. The number of alkyl halides is 1. The SMILES string of the molecule is CC(CI)c1cc(O)cc(O)c1. The van der Waals surface area contributed by atoms with Crippen LogP contribution in [0.1, 0.15) is 18.4 Å². The van der Waals surface area contributed by atoms with Crippen LogP contribution in [0.25, 0.3) is 0 Å². The van der Waals surface area contributed by atoms with Crippen molar-refractivity contribution in [3.05, 3.63) is 23.8 Å². The highest BCUT2D eigenvalue weighted by Gasteiger charge is 2.05. The second-order valence-electron chi connectivity index (χ2n) is 2.84. The first kappa shape index (κ1) is 9.64. The van der Waals surface area contributed by atoms with Gasteiger partial charge in [0, 0.05) is 10.5 Å². The first-order valence-corrected chi connectivity index (χ1v) is 5.25. The Morgan fingerprint density at radius 1 is 1.25 bits per heavy atom. The number of hydrogen-bond acceptors (Lipinski definition) is 2. The van der Waals surface area contributed by atoms with E-state index in [-0.39, 0.29) is 11.5 Å². The van der Waals surface area contributed by atoms with Crippen LogP contribution in [-0.4, -0.2) is 14.6 Å². The van der Waals surface area contributed by atoms with Gasteiger partial charge in [-0.1, -0.05) is 29.5 Å². The average Bonchev–Trinajstić information content (AvgIpc) is 2.01. The number of aromatic hydroxyl groups is 2. The predicted octanol–water partition coefficient (Wildman–Crippen LogP) is 2.64. The molecule has 0 aromatic heterocycles. The third-order valence-electron chi connectivity index (χ3n) is 1.73. The molecule has 1 aromatic rings. The van der Waals surface area contributed by atoms with E-state index in [1.165, 1.54) is 6.07 Å². The molecule has 0 radical (unpaired) electrons. The monoisotopic (exact) mass is 278 g/mol. The van der Waals surface area contributed by atoms with Gasteiger partial charge in [-0.05, 0) is 23.6 Å². The molecular formula is C9H11IO2. The van der Waals surface area contributed by atoms with Crippen LogP contribution in [0.4, 0.5) is 0 Å². The highest BCUT2D eigenvalue weighted by Crippen LogP contribution is 2.26. The van der Waals surface area contributed by atoms with Crippen molar-refractivity contribution in [3.8, 4) is 11.5 Å². The molecule has 0 amide bonds. The van der Waals surface area contributed by atoms with Crippen LogP contribution < -0.4 is 0 Å². The van der Waals surface area contributed by atoms with Crippen molar-refractivity contribution in [3.63, 3.8) is 0 Å². The van der Waals surface area contributed by atoms with Crippen LogP contribution in [0.3, 0.4) is 0 Å². The maximum Gasteiger partial charge on any atom is 0.119 e. The van der Waals surface area contributed by atoms with E-state index in [4.69, 9.17) is 0 Å². The third kappa shape index (κ3) is 2.27. The number of halogens is 1. The van der Waals surface area contributed by atoms with Crippen LogP contribution in [0.15, 0.2) is 18.2 Å². The summed E-state index contributed by atoms with van der Waals surface area (Å²) in [7, 11) is 0. The van der Waals surface area contributed by atoms with E-state index >= 15 is 0 Å². The zero-order valence-electron chi connectivity index (χ0n) is 6.79. The number of phenolic OH excluding ortho intramolecular Hbond substituents is 2. The van der Waals surface area contributed by atoms with E-state index in [2.05, 4.69) is 29.5 Å². The number of benzene rings is 1. The Morgan fingerprint density at radius 2 is 1.75 bits per heavy atom. The fourth-order valence-corrected chi connectivity index (χ4v) is 1.50. The fraction of sp³-hybridized carbons (Fsp3) is 0.333. The Balaban J connectivity index is 3.00. The van der Waals surface area contributed by atoms with Crippen LogP contribution >= 0.6 is 22.6 Å². The minimum atomic E-state index is 0.127. The van der Waals surface area contributed by atoms with Crippen molar-refractivity contribution >= 4 is 22.6 Å². The van der Waals surface area contributed by atoms with Gasteiger partial charge in [0.15, 0.2) is 0 Å². The summed E-state index contributed by atoms with van der Waals surface area (Å²) >= 11 is 2.28. The van der Waals surface area contributed by atoms with E-state index in [1.807, 2.05) is 0 Å². The zero-order chi connectivity index (χ0) is 9.14. The summed E-state index contributed by atoms with van der Waals surface area (Å²) in [5.41, 5.74) is 0.974. The summed E-state index contributed by atoms with van der Waals surface area (Å²) in [5.74, 6) is 0.618. The normalized spacial score (nSPS) is 12.8. The molecule has 1 atom stereocenters. The first-order valence-electron chi connectivity index (χ1n) is 3.72. The Bertz CT molecular complexity index is 253. The number of phenols is 2. The summed E-state index contributed by atoms with van der Waals surface area (Å²) in [5, 5.41) is 18.4. The minimum Gasteiger partial charge on any atom is -0.508 e. The van der Waals surface area contributed by atoms with E-state index in [1.54, 1.807) is 12.1 Å². The molecule has 1 aromatic carbocycles. The number of hydrogen-bond donors (Lipinski definition) is 2. The van der Waals surface area contributed by atoms with Crippen LogP contribution in [0.2, 0.25) is 0 Å². The minimum absolute atomic E-state index is 0.127. The second kappa shape index (κ2) is 3.98. The Morgan fingerprint density at radius 3 is 2.17 bits per heavy atom. The molecule has 0 heterocycles. The fourth-order valence-electron chi connectivity index (χ4n) is 0.992. The molecule has 0 fully saturated rings. The Kier molecular flexibility index (Phi) is 3.20. The number of rotatable bonds is 2. The molecule has 0 spiro atoms. The van der Waals surface area contributed by atoms with E-state index in [0.717, 1.165) is 9.99 Å². The van der Waals surface area contributed by atoms with Gasteiger partial charge in [-0.25, -0.2) is 0 Å². The molecule has 0 saturated heterocycles. The third-order valence-corrected chi connectivity index (χ3v) is 3.05. The molecule has 1 unspecified atom stereocenters. The van der Waals surface area contributed by atoms with Gasteiger partial charge in [-0.15, -0.1) is 0 Å². The molecule has 0 bridgehead atoms.